The fourth-order valence-corrected chi connectivity index (χ4v) is 3.04. The van der Waals surface area contributed by atoms with Crippen molar-refractivity contribution in [1.82, 2.24) is 10.2 Å². The van der Waals surface area contributed by atoms with Gasteiger partial charge in [-0.1, -0.05) is 6.07 Å². The van der Waals surface area contributed by atoms with E-state index >= 15 is 0 Å². The molecule has 1 fully saturated rings. The van der Waals surface area contributed by atoms with E-state index in [2.05, 4.69) is 5.32 Å². The van der Waals surface area contributed by atoms with E-state index in [0.29, 0.717) is 24.5 Å². The maximum Gasteiger partial charge on any atom is 0.248 e. The molecule has 0 spiro atoms. The minimum Gasteiger partial charge on any atom is -0.454 e. The lowest BCUT2D eigenvalue weighted by molar-refractivity contribution is -0.139. The predicted molar refractivity (Wildman–Crippen MR) is 87.3 cm³/mol. The van der Waals surface area contributed by atoms with Gasteiger partial charge in [0.05, 0.1) is 18.6 Å². The van der Waals surface area contributed by atoms with E-state index in [1.807, 2.05) is 6.07 Å². The van der Waals surface area contributed by atoms with Gasteiger partial charge in [-0.15, -0.1) is 0 Å². The summed E-state index contributed by atoms with van der Waals surface area (Å²) in [6.45, 7) is 0.858. The number of carbonyl (C=O) groups excluding carboxylic acids is 2. The van der Waals surface area contributed by atoms with Gasteiger partial charge in [0.15, 0.2) is 11.5 Å². The minimum atomic E-state index is -0.796. The van der Waals surface area contributed by atoms with Gasteiger partial charge < -0.3 is 29.5 Å². The molecular formula is C17H22N2O6. The zero-order chi connectivity index (χ0) is 17.8. The fourth-order valence-electron chi connectivity index (χ4n) is 3.04. The van der Waals surface area contributed by atoms with Gasteiger partial charge >= 0.3 is 0 Å². The number of nitrogens with zero attached hydrogens (tertiary/aromatic N) is 1. The zero-order valence-electron chi connectivity index (χ0n) is 14.1. The molecule has 1 saturated heterocycles. The van der Waals surface area contributed by atoms with Gasteiger partial charge in [0.25, 0.3) is 0 Å². The van der Waals surface area contributed by atoms with E-state index < -0.39 is 6.10 Å². The number of aliphatic hydroxyl groups is 1. The third kappa shape index (κ3) is 4.21. The van der Waals surface area contributed by atoms with Gasteiger partial charge in [-0.3, -0.25) is 9.59 Å². The average Bonchev–Trinajstić information content (AvgIpc) is 3.04. The summed E-state index contributed by atoms with van der Waals surface area (Å²) in [6.07, 6.45) is -0.106. The molecule has 2 aliphatic heterocycles. The molecule has 0 unspecified atom stereocenters. The first kappa shape index (κ1) is 17.5. The number of hydrogen-bond acceptors (Lipinski definition) is 6. The Morgan fingerprint density at radius 3 is 2.92 bits per heavy atom. The number of amides is 2. The molecule has 2 heterocycles. The van der Waals surface area contributed by atoms with Gasteiger partial charge in [-0.2, -0.15) is 0 Å². The van der Waals surface area contributed by atoms with Crippen LogP contribution in [-0.2, 0) is 20.7 Å². The summed E-state index contributed by atoms with van der Waals surface area (Å²) in [4.78, 5) is 25.6. The molecule has 0 aromatic heterocycles. The van der Waals surface area contributed by atoms with E-state index in [1.54, 1.807) is 17.0 Å². The summed E-state index contributed by atoms with van der Waals surface area (Å²) in [6, 6.07) is 5.01. The molecule has 25 heavy (non-hydrogen) atoms. The van der Waals surface area contributed by atoms with Crippen molar-refractivity contribution in [1.29, 1.82) is 0 Å². The number of ether oxygens (including phenoxy) is 3. The number of aliphatic hydroxyl groups excluding tert-OH is 1. The molecule has 0 saturated carbocycles. The van der Waals surface area contributed by atoms with Crippen molar-refractivity contribution in [3.8, 4) is 11.5 Å². The largest absolute Gasteiger partial charge is 0.454 e. The molecule has 2 atom stereocenters. The third-order valence-corrected chi connectivity index (χ3v) is 4.35. The second-order valence-corrected chi connectivity index (χ2v) is 6.17. The van der Waals surface area contributed by atoms with Crippen LogP contribution in [0.25, 0.3) is 0 Å². The van der Waals surface area contributed by atoms with E-state index in [-0.39, 0.29) is 44.2 Å². The fraction of sp³-hybridized carbons (Fsp3) is 0.529. The lowest BCUT2D eigenvalue weighted by atomic mass is 10.0. The van der Waals surface area contributed by atoms with Crippen LogP contribution in [0.4, 0.5) is 0 Å². The van der Waals surface area contributed by atoms with Crippen molar-refractivity contribution in [2.45, 2.75) is 25.0 Å². The molecule has 0 bridgehead atoms. The summed E-state index contributed by atoms with van der Waals surface area (Å²) >= 11 is 0. The predicted octanol–water partition coefficient (Wildman–Crippen LogP) is -0.318. The van der Waals surface area contributed by atoms with Crippen molar-refractivity contribution in [2.75, 3.05) is 33.6 Å². The summed E-state index contributed by atoms with van der Waals surface area (Å²) in [5.74, 6) is 0.967. The maximum atomic E-state index is 12.2. The third-order valence-electron chi connectivity index (χ3n) is 4.35. The Morgan fingerprint density at radius 2 is 2.16 bits per heavy atom. The number of rotatable bonds is 5. The standard InChI is InChI=1S/C17H22N2O6/c1-23-9-17(22)19-5-4-12(13(20)8-19)18-16(21)7-11-2-3-14-15(6-11)25-10-24-14/h2-3,6,12-13,20H,4-5,7-10H2,1H3,(H,18,21)/t12-,13-/m1/s1. The number of fused-ring (bicyclic) bond motifs is 1. The maximum absolute atomic E-state index is 12.2. The Balaban J connectivity index is 1.51. The highest BCUT2D eigenvalue weighted by Crippen LogP contribution is 2.32. The van der Waals surface area contributed by atoms with Gasteiger partial charge in [0.1, 0.15) is 6.61 Å². The molecule has 0 aliphatic carbocycles. The number of benzene rings is 1. The van der Waals surface area contributed by atoms with Crippen LogP contribution in [0.15, 0.2) is 18.2 Å². The highest BCUT2D eigenvalue weighted by atomic mass is 16.7. The van der Waals surface area contributed by atoms with Crippen LogP contribution in [-0.4, -0.2) is 67.6 Å². The quantitative estimate of drug-likeness (QED) is 0.756. The topological polar surface area (TPSA) is 97.3 Å². The summed E-state index contributed by atoms with van der Waals surface area (Å²) in [7, 11) is 1.46. The van der Waals surface area contributed by atoms with Crippen LogP contribution >= 0.6 is 0 Å². The molecule has 2 aliphatic rings. The average molecular weight is 350 g/mol. The molecule has 136 valence electrons. The first-order valence-electron chi connectivity index (χ1n) is 8.19. The lowest BCUT2D eigenvalue weighted by Crippen LogP contribution is -2.56. The monoisotopic (exact) mass is 350 g/mol. The van der Waals surface area contributed by atoms with Crippen LogP contribution in [0.3, 0.4) is 0 Å². The Labute approximate surface area is 145 Å². The second-order valence-electron chi connectivity index (χ2n) is 6.17. The molecule has 3 rings (SSSR count). The highest BCUT2D eigenvalue weighted by Gasteiger charge is 2.31. The number of hydrogen-bond donors (Lipinski definition) is 2. The number of nitrogens with one attached hydrogen (secondary N) is 1. The molecule has 0 radical (unpaired) electrons. The Bertz CT molecular complexity index is 650. The number of β-amino-alcohol motifs (C(OH)–C–C–N with tert-alkyl or cyclic N) is 1. The SMILES string of the molecule is COCC(=O)N1CC[C@@H](NC(=O)Cc2ccc3c(c2)OCO3)[C@H](O)C1. The van der Waals surface area contributed by atoms with Crippen LogP contribution in [0.5, 0.6) is 11.5 Å². The lowest BCUT2D eigenvalue weighted by Gasteiger charge is -2.36. The Kier molecular flexibility index (Phi) is 5.40. The molecule has 8 nitrogen and oxygen atoms in total. The van der Waals surface area contributed by atoms with Crippen molar-refractivity contribution >= 4 is 11.8 Å². The van der Waals surface area contributed by atoms with Gasteiger partial charge in [0, 0.05) is 20.2 Å². The number of piperidine rings is 1. The summed E-state index contributed by atoms with van der Waals surface area (Å²) in [5, 5.41) is 13.1. The zero-order valence-corrected chi connectivity index (χ0v) is 14.1. The first-order valence-corrected chi connectivity index (χ1v) is 8.19. The first-order chi connectivity index (χ1) is 12.1. The van der Waals surface area contributed by atoms with E-state index in [4.69, 9.17) is 14.2 Å². The Morgan fingerprint density at radius 1 is 1.36 bits per heavy atom. The van der Waals surface area contributed by atoms with Crippen LogP contribution in [0.1, 0.15) is 12.0 Å². The van der Waals surface area contributed by atoms with Crippen molar-refractivity contribution < 1.29 is 28.9 Å². The number of methoxy groups -OCH3 is 1. The summed E-state index contributed by atoms with van der Waals surface area (Å²) in [5.41, 5.74) is 0.809. The molecule has 2 N–H and O–H groups in total. The molecule has 1 aromatic rings. The molecule has 8 heteroatoms. The molecular weight excluding hydrogens is 328 g/mol. The van der Waals surface area contributed by atoms with E-state index in [9.17, 15) is 14.7 Å². The van der Waals surface area contributed by atoms with Gasteiger partial charge in [0.2, 0.25) is 18.6 Å². The normalized spacial score (nSPS) is 21.9. The van der Waals surface area contributed by atoms with Crippen molar-refractivity contribution in [3.05, 3.63) is 23.8 Å². The number of likely N-dealkylation sites (tertiary alicyclic amines) is 1. The van der Waals surface area contributed by atoms with Crippen LogP contribution in [0, 0.1) is 0 Å². The van der Waals surface area contributed by atoms with Crippen molar-refractivity contribution in [2.24, 2.45) is 0 Å². The number of carbonyl (C=O) groups is 2. The van der Waals surface area contributed by atoms with Gasteiger partial charge in [-0.25, -0.2) is 0 Å². The second kappa shape index (κ2) is 7.71. The van der Waals surface area contributed by atoms with Crippen molar-refractivity contribution in [3.63, 3.8) is 0 Å². The minimum absolute atomic E-state index is 0.00609. The van der Waals surface area contributed by atoms with Crippen LogP contribution < -0.4 is 14.8 Å². The van der Waals surface area contributed by atoms with Gasteiger partial charge in [-0.05, 0) is 24.1 Å². The van der Waals surface area contributed by atoms with E-state index in [0.717, 1.165) is 5.56 Å². The van der Waals surface area contributed by atoms with E-state index in [1.165, 1.54) is 7.11 Å². The Hall–Kier alpha value is -2.32. The highest BCUT2D eigenvalue weighted by molar-refractivity contribution is 5.79. The summed E-state index contributed by atoms with van der Waals surface area (Å²) < 4.78 is 15.4. The smallest absolute Gasteiger partial charge is 0.248 e. The molecule has 1 aromatic carbocycles. The van der Waals surface area contributed by atoms with Crippen LogP contribution in [0.2, 0.25) is 0 Å². The molecule has 2 amide bonds.